The smallest absolute Gasteiger partial charge is 0.784 e. The first-order valence-corrected chi connectivity index (χ1v) is 4.69. The van der Waals surface area contributed by atoms with E-state index < -0.39 is 34.1 Å². The first-order valence-electron chi connectivity index (χ1n) is 1.56. The third-order valence-electron chi connectivity index (χ3n) is 0. The average molecular weight is 290 g/mol. The first-order chi connectivity index (χ1) is 5.20. The van der Waals surface area contributed by atoms with Crippen molar-refractivity contribution in [2.45, 2.75) is 0 Å². The monoisotopic (exact) mass is 290 g/mol. The molecule has 0 radical (unpaired) electrons. The van der Waals surface area contributed by atoms with Crippen molar-refractivity contribution in [3.8, 4) is 0 Å². The molecule has 0 aromatic heterocycles. The number of hydrogen-bond acceptors (Lipinski definition) is 5. The minimum Gasteiger partial charge on any atom is -0.784 e. The predicted molar refractivity (Wildman–Crippen MR) is 36.5 cm³/mol. The molecule has 0 aliphatic heterocycles. The molecule has 0 rings (SSSR count). The molecular formula is H4Na2O9S3. The molecule has 0 aliphatic rings. The molecule has 0 aliphatic carbocycles. The number of hydrogen-bond donors (Lipinski definition) is 4. The Morgan fingerprint density at radius 2 is 0.714 bits per heavy atom. The summed E-state index contributed by atoms with van der Waals surface area (Å²) in [6, 6.07) is 0. The molecule has 78 valence electrons. The van der Waals surface area contributed by atoms with Crippen LogP contribution >= 0.6 is 0 Å². The zero-order valence-electron chi connectivity index (χ0n) is 7.05. The molecule has 0 saturated heterocycles. The van der Waals surface area contributed by atoms with Crippen LogP contribution in [0.4, 0.5) is 0 Å². The van der Waals surface area contributed by atoms with Crippen molar-refractivity contribution in [2.24, 2.45) is 0 Å². The van der Waals surface area contributed by atoms with Crippen LogP contribution in [-0.4, -0.2) is 39.9 Å². The Kier molecular flexibility index (Phi) is 52.1. The van der Waals surface area contributed by atoms with Gasteiger partial charge in [-0.25, -0.2) is 0 Å². The molecule has 4 N–H and O–H groups in total. The second-order valence-electron chi connectivity index (χ2n) is 0.666. The third-order valence-corrected chi connectivity index (χ3v) is 0. The van der Waals surface area contributed by atoms with E-state index in [2.05, 4.69) is 0 Å². The van der Waals surface area contributed by atoms with E-state index >= 15 is 0 Å². The molecule has 14 heteroatoms. The minimum atomic E-state index is -3.11. The summed E-state index contributed by atoms with van der Waals surface area (Å²) < 4.78 is 71.0. The maximum atomic E-state index is 8.67. The number of rotatable bonds is 0. The summed E-state index contributed by atoms with van der Waals surface area (Å²) in [5.41, 5.74) is 0. The molecular weight excluding hydrogens is 286 g/mol. The predicted octanol–water partition coefficient (Wildman–Crippen LogP) is -7.63. The van der Waals surface area contributed by atoms with Crippen LogP contribution in [0.3, 0.4) is 0 Å². The van der Waals surface area contributed by atoms with Gasteiger partial charge < -0.3 is 9.11 Å². The second-order valence-corrected chi connectivity index (χ2v) is 2.00. The van der Waals surface area contributed by atoms with Crippen LogP contribution in [0.25, 0.3) is 0 Å². The summed E-state index contributed by atoms with van der Waals surface area (Å²) in [7, 11) is 0. The molecule has 14 heavy (non-hydrogen) atoms. The summed E-state index contributed by atoms with van der Waals surface area (Å²) in [5, 5.41) is 0. The van der Waals surface area contributed by atoms with E-state index in [-0.39, 0.29) is 59.1 Å². The standard InChI is InChI=1S/2Na.3H2O3S/c;;3*1-4(2)3/h;;3*(H2,1,2,3)/q2*+1;;;/p-2. The Morgan fingerprint density at radius 3 is 0.714 bits per heavy atom. The zero-order chi connectivity index (χ0) is 10.7. The van der Waals surface area contributed by atoms with Crippen LogP contribution < -0.4 is 59.1 Å². The molecule has 0 aromatic rings. The average Bonchev–Trinajstić information content (AvgIpc) is 1.54. The van der Waals surface area contributed by atoms with Crippen LogP contribution in [0.15, 0.2) is 0 Å². The van der Waals surface area contributed by atoms with Crippen molar-refractivity contribution in [1.29, 1.82) is 0 Å². The van der Waals surface area contributed by atoms with Gasteiger partial charge in [-0.1, -0.05) is 0 Å². The fourth-order valence-electron chi connectivity index (χ4n) is 0. The van der Waals surface area contributed by atoms with Gasteiger partial charge in [-0.3, -0.25) is 22.4 Å². The molecule has 0 bridgehead atoms. The second kappa shape index (κ2) is 24.4. The van der Waals surface area contributed by atoms with Gasteiger partial charge in [0.1, 0.15) is 0 Å². The van der Waals surface area contributed by atoms with Gasteiger partial charge in [0.2, 0.25) is 0 Å². The maximum absolute atomic E-state index is 8.67. The first kappa shape index (κ1) is 29.8. The largest absolute Gasteiger partial charge is 1.00 e. The van der Waals surface area contributed by atoms with Gasteiger partial charge in [0.15, 0.2) is 0 Å². The van der Waals surface area contributed by atoms with Crippen molar-refractivity contribution in [3.63, 3.8) is 0 Å². The molecule has 9 nitrogen and oxygen atoms in total. The fourth-order valence-corrected chi connectivity index (χ4v) is 0. The van der Waals surface area contributed by atoms with E-state index in [0.29, 0.717) is 0 Å². The van der Waals surface area contributed by atoms with Crippen molar-refractivity contribution in [1.82, 2.24) is 0 Å². The van der Waals surface area contributed by atoms with Gasteiger partial charge in [-0.05, 0) is 0 Å². The molecule has 0 spiro atoms. The van der Waals surface area contributed by atoms with Crippen molar-refractivity contribution < 1.29 is 99.1 Å². The minimum absolute atomic E-state index is 0. The van der Waals surface area contributed by atoms with E-state index in [0.717, 1.165) is 0 Å². The summed E-state index contributed by atoms with van der Waals surface area (Å²) in [5.74, 6) is 0. The molecule has 0 fully saturated rings. The van der Waals surface area contributed by atoms with E-state index in [1.807, 2.05) is 0 Å². The Hall–Kier alpha value is 2.21. The van der Waals surface area contributed by atoms with Crippen molar-refractivity contribution in [3.05, 3.63) is 0 Å². The SMILES string of the molecule is O=S(O)O.O=S(O)O.O=S([O-])[O-].[Na+].[Na+]. The van der Waals surface area contributed by atoms with Crippen LogP contribution in [0.2, 0.25) is 0 Å². The van der Waals surface area contributed by atoms with Crippen LogP contribution in [0, 0.1) is 0 Å². The van der Waals surface area contributed by atoms with E-state index in [1.165, 1.54) is 0 Å². The third kappa shape index (κ3) is 508. The topological polar surface area (TPSA) is 178 Å². The van der Waals surface area contributed by atoms with Gasteiger partial charge >= 0.3 is 59.1 Å². The zero-order valence-corrected chi connectivity index (χ0v) is 13.5. The molecule has 0 heterocycles. The van der Waals surface area contributed by atoms with Gasteiger partial charge in [0.05, 0.1) is 0 Å². The summed E-state index contributed by atoms with van der Waals surface area (Å²) >= 11 is -8.33. The Balaban J connectivity index is -0.0000000270. The molecule has 0 saturated carbocycles. The summed E-state index contributed by atoms with van der Waals surface area (Å²) in [4.78, 5) is 0. The Labute approximate surface area is 131 Å². The van der Waals surface area contributed by atoms with Gasteiger partial charge in [-0.15, -0.1) is 11.4 Å². The molecule has 0 atom stereocenters. The van der Waals surface area contributed by atoms with Gasteiger partial charge in [0.25, 0.3) is 22.7 Å². The van der Waals surface area contributed by atoms with E-state index in [1.54, 1.807) is 0 Å². The van der Waals surface area contributed by atoms with Crippen LogP contribution in [-0.2, 0) is 34.1 Å². The summed E-state index contributed by atoms with van der Waals surface area (Å²) in [6.45, 7) is 0. The molecule has 0 unspecified atom stereocenters. The van der Waals surface area contributed by atoms with Gasteiger partial charge in [-0.2, -0.15) is 8.42 Å². The van der Waals surface area contributed by atoms with Crippen LogP contribution in [0.5, 0.6) is 0 Å². The fraction of sp³-hybridized carbons (Fsp3) is 0. The van der Waals surface area contributed by atoms with E-state index in [4.69, 9.17) is 39.9 Å². The van der Waals surface area contributed by atoms with E-state index in [9.17, 15) is 0 Å². The van der Waals surface area contributed by atoms with Crippen molar-refractivity contribution in [2.75, 3.05) is 0 Å². The quantitative estimate of drug-likeness (QED) is 0.249. The Bertz CT molecular complexity index is 116. The van der Waals surface area contributed by atoms with Crippen molar-refractivity contribution >= 4 is 34.1 Å². The maximum Gasteiger partial charge on any atom is 1.00 e. The normalized spacial score (nSPS) is 7.50. The van der Waals surface area contributed by atoms with Crippen LogP contribution in [0.1, 0.15) is 0 Å². The molecule has 0 aromatic carbocycles. The summed E-state index contributed by atoms with van der Waals surface area (Å²) in [6.07, 6.45) is 0. The molecule has 0 amide bonds. The Morgan fingerprint density at radius 1 is 0.714 bits per heavy atom. The van der Waals surface area contributed by atoms with Gasteiger partial charge in [0, 0.05) is 0 Å².